The van der Waals surface area contributed by atoms with Gasteiger partial charge in [0, 0.05) is 11.6 Å². The zero-order valence-corrected chi connectivity index (χ0v) is 9.74. The average molecular weight is 221 g/mol. The lowest BCUT2D eigenvalue weighted by atomic mass is 10.0. The molecule has 2 N–H and O–H groups in total. The zero-order chi connectivity index (χ0) is 11.4. The van der Waals surface area contributed by atoms with Gasteiger partial charge < -0.3 is 15.2 Å². The second-order valence-corrected chi connectivity index (χ2v) is 4.12. The van der Waals surface area contributed by atoms with E-state index in [1.807, 2.05) is 18.2 Å². The van der Waals surface area contributed by atoms with E-state index in [0.717, 1.165) is 49.5 Å². The van der Waals surface area contributed by atoms with Crippen molar-refractivity contribution in [2.24, 2.45) is 5.73 Å². The summed E-state index contributed by atoms with van der Waals surface area (Å²) in [4.78, 5) is 0. The highest BCUT2D eigenvalue weighted by atomic mass is 16.5. The third-order valence-electron chi connectivity index (χ3n) is 2.78. The lowest BCUT2D eigenvalue weighted by molar-refractivity contribution is 0.269. The number of nitrogens with two attached hydrogens (primary N) is 1. The van der Waals surface area contributed by atoms with Crippen LogP contribution in [0.25, 0.3) is 0 Å². The molecule has 1 aromatic carbocycles. The summed E-state index contributed by atoms with van der Waals surface area (Å²) in [6, 6.07) is 6.04. The molecular weight excluding hydrogens is 202 g/mol. The van der Waals surface area contributed by atoms with Crippen LogP contribution in [0.1, 0.15) is 37.8 Å². The van der Waals surface area contributed by atoms with Crippen LogP contribution >= 0.6 is 0 Å². The van der Waals surface area contributed by atoms with Gasteiger partial charge in [0.05, 0.1) is 13.2 Å². The number of benzene rings is 1. The standard InChI is InChI=1S/C13H19NO2/c1-2-8-15-12-7-3-5-10-11(14)6-4-9-16-13(10)12/h3,5,7,11H,2,4,6,8-9,14H2,1H3. The van der Waals surface area contributed by atoms with Gasteiger partial charge >= 0.3 is 0 Å². The summed E-state index contributed by atoms with van der Waals surface area (Å²) in [5.74, 6) is 1.68. The summed E-state index contributed by atoms with van der Waals surface area (Å²) in [7, 11) is 0. The Morgan fingerprint density at radius 2 is 2.38 bits per heavy atom. The molecule has 0 aliphatic carbocycles. The van der Waals surface area contributed by atoms with Crippen molar-refractivity contribution < 1.29 is 9.47 Å². The van der Waals surface area contributed by atoms with Crippen LogP contribution in [0.4, 0.5) is 0 Å². The van der Waals surface area contributed by atoms with Crippen molar-refractivity contribution in [3.05, 3.63) is 23.8 Å². The van der Waals surface area contributed by atoms with E-state index in [1.165, 1.54) is 0 Å². The van der Waals surface area contributed by atoms with Crippen LogP contribution in [-0.4, -0.2) is 13.2 Å². The van der Waals surface area contributed by atoms with E-state index in [-0.39, 0.29) is 6.04 Å². The summed E-state index contributed by atoms with van der Waals surface area (Å²) in [6.45, 7) is 3.54. The van der Waals surface area contributed by atoms with Gasteiger partial charge in [-0.3, -0.25) is 0 Å². The van der Waals surface area contributed by atoms with Gasteiger partial charge in [0.2, 0.25) is 0 Å². The summed E-state index contributed by atoms with van der Waals surface area (Å²) in [5, 5.41) is 0. The van der Waals surface area contributed by atoms with Crippen molar-refractivity contribution in [3.63, 3.8) is 0 Å². The van der Waals surface area contributed by atoms with Crippen LogP contribution in [-0.2, 0) is 0 Å². The normalized spacial score (nSPS) is 19.5. The lowest BCUT2D eigenvalue weighted by Crippen LogP contribution is -2.09. The summed E-state index contributed by atoms with van der Waals surface area (Å²) in [5.41, 5.74) is 7.18. The van der Waals surface area contributed by atoms with Crippen molar-refractivity contribution in [1.29, 1.82) is 0 Å². The van der Waals surface area contributed by atoms with Crippen molar-refractivity contribution in [2.75, 3.05) is 13.2 Å². The van der Waals surface area contributed by atoms with E-state index >= 15 is 0 Å². The molecule has 1 aliphatic heterocycles. The summed E-state index contributed by atoms with van der Waals surface area (Å²) >= 11 is 0. The molecule has 16 heavy (non-hydrogen) atoms. The first-order valence-electron chi connectivity index (χ1n) is 5.97. The Bertz CT molecular complexity index is 352. The van der Waals surface area contributed by atoms with E-state index in [9.17, 15) is 0 Å². The predicted molar refractivity (Wildman–Crippen MR) is 63.9 cm³/mol. The number of hydrogen-bond donors (Lipinski definition) is 1. The van der Waals surface area contributed by atoms with Gasteiger partial charge in [-0.15, -0.1) is 0 Å². The highest BCUT2D eigenvalue weighted by Gasteiger charge is 2.19. The highest BCUT2D eigenvalue weighted by Crippen LogP contribution is 2.37. The van der Waals surface area contributed by atoms with Crippen LogP contribution in [0, 0.1) is 0 Å². The van der Waals surface area contributed by atoms with E-state index in [4.69, 9.17) is 15.2 Å². The minimum Gasteiger partial charge on any atom is -0.490 e. The van der Waals surface area contributed by atoms with E-state index in [0.29, 0.717) is 0 Å². The minimum atomic E-state index is 0.0719. The summed E-state index contributed by atoms with van der Waals surface area (Å²) < 4.78 is 11.4. The fourth-order valence-electron chi connectivity index (χ4n) is 1.94. The molecule has 1 unspecified atom stereocenters. The molecule has 0 aromatic heterocycles. The Morgan fingerprint density at radius 3 is 3.19 bits per heavy atom. The molecule has 1 atom stereocenters. The molecule has 0 fully saturated rings. The van der Waals surface area contributed by atoms with Gasteiger partial charge in [-0.1, -0.05) is 19.1 Å². The lowest BCUT2D eigenvalue weighted by Gasteiger charge is -2.15. The highest BCUT2D eigenvalue weighted by molar-refractivity contribution is 5.48. The fourth-order valence-corrected chi connectivity index (χ4v) is 1.94. The first-order valence-corrected chi connectivity index (χ1v) is 5.97. The number of ether oxygens (including phenoxy) is 2. The average Bonchev–Trinajstić information content (AvgIpc) is 2.49. The molecule has 3 heteroatoms. The number of para-hydroxylation sites is 1. The molecule has 0 amide bonds. The predicted octanol–water partition coefficient (Wildman–Crippen LogP) is 2.65. The van der Waals surface area contributed by atoms with Gasteiger partial charge in [0.1, 0.15) is 0 Å². The molecule has 1 aliphatic rings. The Balaban J connectivity index is 2.29. The Kier molecular flexibility index (Phi) is 3.67. The molecule has 88 valence electrons. The molecule has 1 heterocycles. The third kappa shape index (κ3) is 2.30. The van der Waals surface area contributed by atoms with E-state index < -0.39 is 0 Å². The fraction of sp³-hybridized carbons (Fsp3) is 0.538. The first kappa shape index (κ1) is 11.3. The molecule has 3 nitrogen and oxygen atoms in total. The van der Waals surface area contributed by atoms with Crippen LogP contribution < -0.4 is 15.2 Å². The maximum atomic E-state index is 6.11. The van der Waals surface area contributed by atoms with Crippen molar-refractivity contribution in [3.8, 4) is 11.5 Å². The van der Waals surface area contributed by atoms with Gasteiger partial charge in [-0.05, 0) is 25.3 Å². The quantitative estimate of drug-likeness (QED) is 0.853. The van der Waals surface area contributed by atoms with E-state index in [1.54, 1.807) is 0 Å². The number of rotatable bonds is 3. The second kappa shape index (κ2) is 5.21. The molecule has 0 spiro atoms. The van der Waals surface area contributed by atoms with Gasteiger partial charge in [-0.2, -0.15) is 0 Å². The maximum absolute atomic E-state index is 6.11. The molecule has 0 radical (unpaired) electrons. The zero-order valence-electron chi connectivity index (χ0n) is 9.74. The number of fused-ring (bicyclic) bond motifs is 1. The van der Waals surface area contributed by atoms with Crippen LogP contribution in [0.2, 0.25) is 0 Å². The summed E-state index contributed by atoms with van der Waals surface area (Å²) in [6.07, 6.45) is 2.98. The Morgan fingerprint density at radius 1 is 1.50 bits per heavy atom. The smallest absolute Gasteiger partial charge is 0.165 e. The molecule has 1 aromatic rings. The largest absolute Gasteiger partial charge is 0.490 e. The van der Waals surface area contributed by atoms with Crippen LogP contribution in [0.3, 0.4) is 0 Å². The van der Waals surface area contributed by atoms with Crippen molar-refractivity contribution >= 4 is 0 Å². The molecular formula is C13H19NO2. The van der Waals surface area contributed by atoms with E-state index in [2.05, 4.69) is 6.92 Å². The molecule has 0 saturated carbocycles. The third-order valence-corrected chi connectivity index (χ3v) is 2.78. The van der Waals surface area contributed by atoms with Crippen LogP contribution in [0.15, 0.2) is 18.2 Å². The van der Waals surface area contributed by atoms with Crippen molar-refractivity contribution in [1.82, 2.24) is 0 Å². The Hall–Kier alpha value is -1.22. The van der Waals surface area contributed by atoms with Crippen molar-refractivity contribution in [2.45, 2.75) is 32.2 Å². The molecule has 0 bridgehead atoms. The molecule has 2 rings (SSSR count). The van der Waals surface area contributed by atoms with Gasteiger partial charge in [-0.25, -0.2) is 0 Å². The van der Waals surface area contributed by atoms with Gasteiger partial charge in [0.15, 0.2) is 11.5 Å². The minimum absolute atomic E-state index is 0.0719. The van der Waals surface area contributed by atoms with Gasteiger partial charge in [0.25, 0.3) is 0 Å². The SMILES string of the molecule is CCCOc1cccc2c1OCCCC2N. The number of hydrogen-bond acceptors (Lipinski definition) is 3. The van der Waals surface area contributed by atoms with Crippen LogP contribution in [0.5, 0.6) is 11.5 Å². The Labute approximate surface area is 96.5 Å². The second-order valence-electron chi connectivity index (χ2n) is 4.12. The maximum Gasteiger partial charge on any atom is 0.165 e. The molecule has 0 saturated heterocycles. The topological polar surface area (TPSA) is 44.5 Å². The first-order chi connectivity index (χ1) is 7.83. The monoisotopic (exact) mass is 221 g/mol.